The van der Waals surface area contributed by atoms with Crippen LogP contribution in [0.25, 0.3) is 0 Å². The minimum atomic E-state index is -0.672. The minimum Gasteiger partial charge on any atom is -0.451 e. The van der Waals surface area contributed by atoms with Crippen molar-refractivity contribution in [3.05, 3.63) is 70.5 Å². The number of hydrogen-bond donors (Lipinski definition) is 0. The van der Waals surface area contributed by atoms with E-state index in [9.17, 15) is 9.18 Å². The summed E-state index contributed by atoms with van der Waals surface area (Å²) in [6.45, 7) is 1.97. The molecule has 0 aromatic heterocycles. The third-order valence-corrected chi connectivity index (χ3v) is 4.42. The lowest BCUT2D eigenvalue weighted by atomic mass is 10.0. The first-order valence-corrected chi connectivity index (χ1v) is 8.29. The van der Waals surface area contributed by atoms with Crippen LogP contribution >= 0.6 is 11.6 Å². The van der Waals surface area contributed by atoms with Crippen LogP contribution in [0.4, 0.5) is 4.39 Å². The zero-order chi connectivity index (χ0) is 17.1. The molecule has 1 saturated heterocycles. The minimum absolute atomic E-state index is 0.0348. The molecule has 0 N–H and O–H groups in total. The van der Waals surface area contributed by atoms with Gasteiger partial charge in [-0.25, -0.2) is 9.18 Å². The van der Waals surface area contributed by atoms with Crippen molar-refractivity contribution in [1.82, 2.24) is 0 Å². The number of rotatable bonds is 4. The van der Waals surface area contributed by atoms with Gasteiger partial charge in [0.05, 0.1) is 22.8 Å². The first kappa shape index (κ1) is 16.9. The summed E-state index contributed by atoms with van der Waals surface area (Å²) in [6, 6.07) is 13.2. The van der Waals surface area contributed by atoms with Gasteiger partial charge in [-0.3, -0.25) is 0 Å². The van der Waals surface area contributed by atoms with E-state index in [2.05, 4.69) is 0 Å². The predicted octanol–water partition coefficient (Wildman–Crippen LogP) is 4.94. The van der Waals surface area contributed by atoms with Crippen molar-refractivity contribution in [3.8, 4) is 0 Å². The standard InChI is InChI=1S/C19H18ClFO3/c1-12-7-10-17(23-12)18(14-8-9-15(20)16(21)11-14)24-19(22)13-5-3-2-4-6-13/h2-6,8-9,11-12,17-18H,7,10H2,1H3. The fraction of sp³-hybridized carbons (Fsp3) is 0.316. The van der Waals surface area contributed by atoms with Crippen molar-refractivity contribution in [2.24, 2.45) is 0 Å². The van der Waals surface area contributed by atoms with E-state index in [0.717, 1.165) is 12.8 Å². The van der Waals surface area contributed by atoms with Crippen LogP contribution in [0.15, 0.2) is 48.5 Å². The molecule has 0 bridgehead atoms. The lowest BCUT2D eigenvalue weighted by Gasteiger charge is -2.24. The van der Waals surface area contributed by atoms with E-state index in [4.69, 9.17) is 21.1 Å². The molecule has 3 unspecified atom stereocenters. The smallest absolute Gasteiger partial charge is 0.338 e. The average molecular weight is 349 g/mol. The summed E-state index contributed by atoms with van der Waals surface area (Å²) in [5.41, 5.74) is 0.989. The van der Waals surface area contributed by atoms with Gasteiger partial charge in [-0.05, 0) is 49.6 Å². The Morgan fingerprint density at radius 3 is 2.62 bits per heavy atom. The van der Waals surface area contributed by atoms with Gasteiger partial charge in [0, 0.05) is 0 Å². The second kappa shape index (κ2) is 7.32. The van der Waals surface area contributed by atoms with Gasteiger partial charge in [-0.15, -0.1) is 0 Å². The van der Waals surface area contributed by atoms with Gasteiger partial charge in [-0.1, -0.05) is 35.9 Å². The number of halogens is 2. The average Bonchev–Trinajstić information content (AvgIpc) is 3.02. The SMILES string of the molecule is CC1CCC(C(OC(=O)c2ccccc2)c2ccc(Cl)c(F)c2)O1. The van der Waals surface area contributed by atoms with Crippen LogP contribution in [0, 0.1) is 5.82 Å². The summed E-state index contributed by atoms with van der Waals surface area (Å²) in [7, 11) is 0. The Hall–Kier alpha value is -1.91. The van der Waals surface area contributed by atoms with Gasteiger partial charge in [0.15, 0.2) is 6.10 Å². The molecule has 0 amide bonds. The summed E-state index contributed by atoms with van der Waals surface area (Å²) in [6.07, 6.45) is 0.742. The molecule has 1 fully saturated rings. The molecule has 24 heavy (non-hydrogen) atoms. The van der Waals surface area contributed by atoms with E-state index >= 15 is 0 Å². The highest BCUT2D eigenvalue weighted by molar-refractivity contribution is 6.30. The van der Waals surface area contributed by atoms with Crippen LogP contribution in [0.5, 0.6) is 0 Å². The van der Waals surface area contributed by atoms with Gasteiger partial charge in [-0.2, -0.15) is 0 Å². The Kier molecular flexibility index (Phi) is 5.17. The fourth-order valence-corrected chi connectivity index (χ4v) is 2.98. The van der Waals surface area contributed by atoms with Crippen molar-refractivity contribution in [1.29, 1.82) is 0 Å². The second-order valence-electron chi connectivity index (χ2n) is 5.93. The molecule has 0 radical (unpaired) electrons. The highest BCUT2D eigenvalue weighted by Gasteiger charge is 2.34. The lowest BCUT2D eigenvalue weighted by Crippen LogP contribution is -2.24. The maximum atomic E-state index is 13.9. The first-order chi connectivity index (χ1) is 11.5. The molecule has 1 aliphatic rings. The molecule has 1 aliphatic heterocycles. The Labute approximate surface area is 145 Å². The van der Waals surface area contributed by atoms with Crippen LogP contribution < -0.4 is 0 Å². The number of carbonyl (C=O) groups excluding carboxylic acids is 1. The van der Waals surface area contributed by atoms with Crippen molar-refractivity contribution < 1.29 is 18.7 Å². The molecule has 0 spiro atoms. The van der Waals surface area contributed by atoms with E-state index in [0.29, 0.717) is 11.1 Å². The molecule has 1 heterocycles. The second-order valence-corrected chi connectivity index (χ2v) is 6.34. The molecule has 3 rings (SSSR count). The largest absolute Gasteiger partial charge is 0.451 e. The molecular weight excluding hydrogens is 331 g/mol. The van der Waals surface area contributed by atoms with Crippen LogP contribution in [-0.4, -0.2) is 18.2 Å². The van der Waals surface area contributed by atoms with Crippen molar-refractivity contribution in [2.75, 3.05) is 0 Å². The zero-order valence-electron chi connectivity index (χ0n) is 13.2. The monoisotopic (exact) mass is 348 g/mol. The van der Waals surface area contributed by atoms with Gasteiger partial charge in [0.25, 0.3) is 0 Å². The number of ether oxygens (including phenoxy) is 2. The molecule has 0 saturated carbocycles. The first-order valence-electron chi connectivity index (χ1n) is 7.91. The number of esters is 1. The summed E-state index contributed by atoms with van der Waals surface area (Å²) in [5, 5.41) is 0.0348. The lowest BCUT2D eigenvalue weighted by molar-refractivity contribution is -0.0475. The van der Waals surface area contributed by atoms with Gasteiger partial charge in [0.2, 0.25) is 0 Å². The quantitative estimate of drug-likeness (QED) is 0.734. The van der Waals surface area contributed by atoms with Crippen LogP contribution in [0.3, 0.4) is 0 Å². The molecular formula is C19H18ClFO3. The normalized spacial score (nSPS) is 21.5. The number of hydrogen-bond acceptors (Lipinski definition) is 3. The van der Waals surface area contributed by atoms with E-state index in [1.807, 2.05) is 13.0 Å². The van der Waals surface area contributed by atoms with Gasteiger partial charge >= 0.3 is 5.97 Å². The van der Waals surface area contributed by atoms with E-state index in [1.165, 1.54) is 12.1 Å². The highest BCUT2D eigenvalue weighted by atomic mass is 35.5. The number of benzene rings is 2. The third kappa shape index (κ3) is 3.77. The third-order valence-electron chi connectivity index (χ3n) is 4.12. The zero-order valence-corrected chi connectivity index (χ0v) is 14.0. The maximum Gasteiger partial charge on any atom is 0.338 e. The van der Waals surface area contributed by atoms with Gasteiger partial charge in [0.1, 0.15) is 5.82 Å². The van der Waals surface area contributed by atoms with Crippen LogP contribution in [0.1, 0.15) is 41.8 Å². The predicted molar refractivity (Wildman–Crippen MR) is 89.6 cm³/mol. The van der Waals surface area contributed by atoms with Gasteiger partial charge < -0.3 is 9.47 Å². The fourth-order valence-electron chi connectivity index (χ4n) is 2.86. The molecule has 0 aliphatic carbocycles. The van der Waals surface area contributed by atoms with Crippen LogP contribution in [0.2, 0.25) is 5.02 Å². The van der Waals surface area contributed by atoms with Crippen molar-refractivity contribution in [2.45, 2.75) is 38.1 Å². The molecule has 3 atom stereocenters. The summed E-state index contributed by atoms with van der Waals surface area (Å²) in [4.78, 5) is 12.4. The number of carbonyl (C=O) groups is 1. The Morgan fingerprint density at radius 2 is 2.00 bits per heavy atom. The van der Waals surface area contributed by atoms with Crippen LogP contribution in [-0.2, 0) is 9.47 Å². The Balaban J connectivity index is 1.87. The van der Waals surface area contributed by atoms with Crippen molar-refractivity contribution >= 4 is 17.6 Å². The van der Waals surface area contributed by atoms with E-state index < -0.39 is 17.9 Å². The molecule has 2 aromatic rings. The Morgan fingerprint density at radius 1 is 1.25 bits per heavy atom. The van der Waals surface area contributed by atoms with Crippen molar-refractivity contribution in [3.63, 3.8) is 0 Å². The summed E-state index contributed by atoms with van der Waals surface area (Å²) < 4.78 is 25.4. The molecule has 2 aromatic carbocycles. The Bertz CT molecular complexity index is 720. The highest BCUT2D eigenvalue weighted by Crippen LogP contribution is 2.34. The molecule has 126 valence electrons. The molecule has 5 heteroatoms. The van der Waals surface area contributed by atoms with E-state index in [-0.39, 0.29) is 17.2 Å². The van der Waals surface area contributed by atoms with E-state index in [1.54, 1.807) is 30.3 Å². The maximum absolute atomic E-state index is 13.9. The summed E-state index contributed by atoms with van der Waals surface area (Å²) in [5.74, 6) is -1.000. The molecule has 3 nitrogen and oxygen atoms in total. The topological polar surface area (TPSA) is 35.5 Å². The summed E-state index contributed by atoms with van der Waals surface area (Å²) >= 11 is 5.76.